The Labute approximate surface area is 170 Å². The molecule has 8 nitrogen and oxygen atoms in total. The molecule has 12 heteroatoms. The maximum atomic E-state index is 12.5. The standard InChI is InChI=1S/C18H18F3N3O5S/c1-3-29-14-6-4-12(8-15(14)28-2)9-23-24-16(25)11-30(26,27)17-7-5-13(10-22-17)18(19,20)21/h4-10H,3,11H2,1-2H3,(H,24,25)/b23-9+. The summed E-state index contributed by atoms with van der Waals surface area (Å²) in [4.78, 5) is 15.1. The van der Waals surface area contributed by atoms with E-state index in [4.69, 9.17) is 9.47 Å². The Hall–Kier alpha value is -3.15. The molecular weight excluding hydrogens is 427 g/mol. The van der Waals surface area contributed by atoms with Crippen LogP contribution in [0.1, 0.15) is 18.1 Å². The Morgan fingerprint density at radius 1 is 1.23 bits per heavy atom. The van der Waals surface area contributed by atoms with Crippen molar-refractivity contribution in [1.29, 1.82) is 0 Å². The number of rotatable bonds is 8. The van der Waals surface area contributed by atoms with E-state index in [0.29, 0.717) is 42.0 Å². The molecule has 162 valence electrons. The van der Waals surface area contributed by atoms with Gasteiger partial charge in [-0.15, -0.1) is 0 Å². The number of carbonyl (C=O) groups is 1. The quantitative estimate of drug-likeness (QED) is 0.494. The number of pyridine rings is 1. The number of hydrogen-bond donors (Lipinski definition) is 1. The molecule has 0 unspecified atom stereocenters. The number of benzene rings is 1. The molecule has 1 heterocycles. The molecule has 0 bridgehead atoms. The fraction of sp³-hybridized carbons (Fsp3) is 0.278. The predicted molar refractivity (Wildman–Crippen MR) is 101 cm³/mol. The normalized spacial score (nSPS) is 12.0. The van der Waals surface area contributed by atoms with Gasteiger partial charge in [0.2, 0.25) is 9.84 Å². The number of alkyl halides is 3. The van der Waals surface area contributed by atoms with Gasteiger partial charge in [-0.1, -0.05) is 0 Å². The van der Waals surface area contributed by atoms with Gasteiger partial charge in [0.05, 0.1) is 25.5 Å². The zero-order chi connectivity index (χ0) is 22.4. The van der Waals surface area contributed by atoms with Crippen molar-refractivity contribution >= 4 is 22.0 Å². The van der Waals surface area contributed by atoms with Gasteiger partial charge in [0.15, 0.2) is 16.5 Å². The molecule has 30 heavy (non-hydrogen) atoms. The van der Waals surface area contributed by atoms with Crippen LogP contribution in [0.4, 0.5) is 13.2 Å². The van der Waals surface area contributed by atoms with Crippen LogP contribution in [0.2, 0.25) is 0 Å². The summed E-state index contributed by atoms with van der Waals surface area (Å²) in [6.45, 7) is 2.26. The zero-order valence-corrected chi connectivity index (χ0v) is 16.7. The summed E-state index contributed by atoms with van der Waals surface area (Å²) in [5, 5.41) is 3.01. The Morgan fingerprint density at radius 2 is 1.97 bits per heavy atom. The molecule has 0 fully saturated rings. The number of halogens is 3. The van der Waals surface area contributed by atoms with Crippen LogP contribution < -0.4 is 14.9 Å². The van der Waals surface area contributed by atoms with E-state index in [1.807, 2.05) is 12.3 Å². The summed E-state index contributed by atoms with van der Waals surface area (Å²) in [6.07, 6.45) is -2.99. The van der Waals surface area contributed by atoms with Crippen molar-refractivity contribution in [2.45, 2.75) is 18.1 Å². The molecule has 0 saturated carbocycles. The van der Waals surface area contributed by atoms with Gasteiger partial charge in [0.25, 0.3) is 5.91 Å². The number of hydrogen-bond acceptors (Lipinski definition) is 7. The minimum absolute atomic E-state index is 0.391. The van der Waals surface area contributed by atoms with Crippen LogP contribution in [0.3, 0.4) is 0 Å². The molecule has 1 N–H and O–H groups in total. The van der Waals surface area contributed by atoms with Crippen molar-refractivity contribution in [3.05, 3.63) is 47.7 Å². The molecule has 0 atom stereocenters. The second kappa shape index (κ2) is 9.57. The number of carbonyl (C=O) groups excluding carboxylic acids is 1. The summed E-state index contributed by atoms with van der Waals surface area (Å²) in [5.74, 6) is -1.04. The first-order valence-electron chi connectivity index (χ1n) is 8.45. The maximum Gasteiger partial charge on any atom is 0.417 e. The first-order valence-corrected chi connectivity index (χ1v) is 10.1. The average Bonchev–Trinajstić information content (AvgIpc) is 2.68. The monoisotopic (exact) mass is 445 g/mol. The highest BCUT2D eigenvalue weighted by molar-refractivity contribution is 7.92. The number of hydrazone groups is 1. The SMILES string of the molecule is CCOc1ccc(/C=N/NC(=O)CS(=O)(=O)c2ccc(C(F)(F)F)cn2)cc1OC. The Balaban J connectivity index is 2.01. The largest absolute Gasteiger partial charge is 0.493 e. The summed E-state index contributed by atoms with van der Waals surface area (Å²) >= 11 is 0. The first-order chi connectivity index (χ1) is 14.1. The van der Waals surface area contributed by atoms with Crippen LogP contribution in [0, 0.1) is 0 Å². The van der Waals surface area contributed by atoms with E-state index in [2.05, 4.69) is 10.1 Å². The fourth-order valence-electron chi connectivity index (χ4n) is 2.23. The van der Waals surface area contributed by atoms with Gasteiger partial charge in [-0.3, -0.25) is 4.79 Å². The van der Waals surface area contributed by atoms with Crippen LogP contribution in [0.15, 0.2) is 46.7 Å². The summed E-state index contributed by atoms with van der Waals surface area (Å²) in [5.41, 5.74) is 1.49. The molecule has 0 aliphatic heterocycles. The molecule has 1 aromatic heterocycles. The van der Waals surface area contributed by atoms with Crippen molar-refractivity contribution in [3.8, 4) is 11.5 Å². The molecule has 0 aliphatic rings. The van der Waals surface area contributed by atoms with Crippen molar-refractivity contribution in [3.63, 3.8) is 0 Å². The van der Waals surface area contributed by atoms with Crippen LogP contribution in [0.5, 0.6) is 11.5 Å². The molecule has 1 aromatic carbocycles. The maximum absolute atomic E-state index is 12.5. The highest BCUT2D eigenvalue weighted by atomic mass is 32.2. The molecule has 0 radical (unpaired) electrons. The van der Waals surface area contributed by atoms with E-state index in [1.54, 1.807) is 18.2 Å². The topological polar surface area (TPSA) is 107 Å². The van der Waals surface area contributed by atoms with Gasteiger partial charge >= 0.3 is 6.18 Å². The second-order valence-corrected chi connectivity index (χ2v) is 7.71. The number of methoxy groups -OCH3 is 1. The van der Waals surface area contributed by atoms with Gasteiger partial charge in [0.1, 0.15) is 5.75 Å². The lowest BCUT2D eigenvalue weighted by atomic mass is 10.2. The van der Waals surface area contributed by atoms with Gasteiger partial charge in [0, 0.05) is 6.20 Å². The Kier molecular flexibility index (Phi) is 7.38. The number of amides is 1. The van der Waals surface area contributed by atoms with Crippen LogP contribution in [-0.2, 0) is 20.8 Å². The molecule has 0 saturated heterocycles. The van der Waals surface area contributed by atoms with Gasteiger partial charge in [-0.25, -0.2) is 18.8 Å². The molecule has 0 spiro atoms. The van der Waals surface area contributed by atoms with E-state index in [1.165, 1.54) is 13.3 Å². The third-order valence-electron chi connectivity index (χ3n) is 3.59. The van der Waals surface area contributed by atoms with Crippen molar-refractivity contribution in [1.82, 2.24) is 10.4 Å². The number of sulfone groups is 1. The highest BCUT2D eigenvalue weighted by Crippen LogP contribution is 2.29. The van der Waals surface area contributed by atoms with Crippen LogP contribution >= 0.6 is 0 Å². The summed E-state index contributed by atoms with van der Waals surface area (Å²) in [6, 6.07) is 6.16. The van der Waals surface area contributed by atoms with Crippen LogP contribution in [-0.4, -0.2) is 45.0 Å². The number of aromatic nitrogens is 1. The van der Waals surface area contributed by atoms with Crippen molar-refractivity contribution in [2.24, 2.45) is 5.10 Å². The lowest BCUT2D eigenvalue weighted by Gasteiger charge is -2.09. The third-order valence-corrected chi connectivity index (χ3v) is 5.11. The first kappa shape index (κ1) is 23.1. The summed E-state index contributed by atoms with van der Waals surface area (Å²) < 4.78 is 72.4. The minimum Gasteiger partial charge on any atom is -0.493 e. The van der Waals surface area contributed by atoms with Crippen LogP contribution in [0.25, 0.3) is 0 Å². The smallest absolute Gasteiger partial charge is 0.417 e. The Bertz CT molecular complexity index is 1020. The summed E-state index contributed by atoms with van der Waals surface area (Å²) in [7, 11) is -2.78. The van der Waals surface area contributed by atoms with Crippen molar-refractivity contribution < 1.29 is 35.9 Å². The molecule has 2 rings (SSSR count). The average molecular weight is 445 g/mol. The van der Waals surface area contributed by atoms with Gasteiger partial charge in [-0.2, -0.15) is 18.3 Å². The minimum atomic E-state index is -4.65. The molecule has 2 aromatic rings. The highest BCUT2D eigenvalue weighted by Gasteiger charge is 2.31. The number of ether oxygens (including phenoxy) is 2. The fourth-order valence-corrected chi connectivity index (χ4v) is 3.28. The lowest BCUT2D eigenvalue weighted by Crippen LogP contribution is -2.27. The predicted octanol–water partition coefficient (Wildman–Crippen LogP) is 2.43. The number of nitrogens with zero attached hydrogens (tertiary/aromatic N) is 2. The van der Waals surface area contributed by atoms with E-state index in [-0.39, 0.29) is 0 Å². The van der Waals surface area contributed by atoms with E-state index < -0.39 is 38.3 Å². The zero-order valence-electron chi connectivity index (χ0n) is 15.9. The third kappa shape index (κ3) is 6.17. The lowest BCUT2D eigenvalue weighted by molar-refractivity contribution is -0.137. The van der Waals surface area contributed by atoms with E-state index >= 15 is 0 Å². The van der Waals surface area contributed by atoms with Gasteiger partial charge in [-0.05, 0) is 42.8 Å². The second-order valence-electron chi connectivity index (χ2n) is 5.78. The van der Waals surface area contributed by atoms with Gasteiger partial charge < -0.3 is 9.47 Å². The van der Waals surface area contributed by atoms with Crippen molar-refractivity contribution in [2.75, 3.05) is 19.5 Å². The van der Waals surface area contributed by atoms with E-state index in [9.17, 15) is 26.4 Å². The van der Waals surface area contributed by atoms with E-state index in [0.717, 1.165) is 0 Å². The number of nitrogens with one attached hydrogen (secondary N) is 1. The molecular formula is C18H18F3N3O5S. The molecule has 1 amide bonds. The molecule has 0 aliphatic carbocycles. The Morgan fingerprint density at radius 3 is 2.53 bits per heavy atom.